The molecule has 1 heterocycles. The highest BCUT2D eigenvalue weighted by Gasteiger charge is 2.19. The lowest BCUT2D eigenvalue weighted by Crippen LogP contribution is -2.23. The van der Waals surface area contributed by atoms with Gasteiger partial charge in [0.2, 0.25) is 0 Å². The lowest BCUT2D eigenvalue weighted by molar-refractivity contribution is 0.0696. The molecular formula is C14H17NO4. The van der Waals surface area contributed by atoms with E-state index in [9.17, 15) is 9.90 Å². The summed E-state index contributed by atoms with van der Waals surface area (Å²) in [5.41, 5.74) is 0.784. The monoisotopic (exact) mass is 263 g/mol. The minimum atomic E-state index is -0.989. The number of furan rings is 1. The summed E-state index contributed by atoms with van der Waals surface area (Å²) in [7, 11) is 0. The predicted octanol–water partition coefficient (Wildman–Crippen LogP) is 1.85. The third-order valence-electron chi connectivity index (χ3n) is 2.97. The molecule has 0 aliphatic carbocycles. The van der Waals surface area contributed by atoms with E-state index in [2.05, 4.69) is 5.32 Å². The topological polar surface area (TPSA) is 82.7 Å². The van der Waals surface area contributed by atoms with Gasteiger partial charge in [-0.3, -0.25) is 0 Å². The average molecular weight is 263 g/mol. The molecule has 102 valence electrons. The van der Waals surface area contributed by atoms with Gasteiger partial charge in [-0.1, -0.05) is 25.1 Å². The fourth-order valence-corrected chi connectivity index (χ4v) is 1.95. The normalized spacial score (nSPS) is 12.7. The zero-order valence-corrected chi connectivity index (χ0v) is 10.7. The van der Waals surface area contributed by atoms with Crippen LogP contribution in [0.5, 0.6) is 0 Å². The second kappa shape index (κ2) is 5.86. The van der Waals surface area contributed by atoms with Crippen LogP contribution >= 0.6 is 0 Å². The Morgan fingerprint density at radius 2 is 2.16 bits per heavy atom. The van der Waals surface area contributed by atoms with Crippen molar-refractivity contribution in [2.75, 3.05) is 13.2 Å². The van der Waals surface area contributed by atoms with Gasteiger partial charge in [0.25, 0.3) is 0 Å². The molecular weight excluding hydrogens is 246 g/mol. The van der Waals surface area contributed by atoms with Crippen LogP contribution in [0.1, 0.15) is 23.0 Å². The molecule has 5 nitrogen and oxygen atoms in total. The van der Waals surface area contributed by atoms with Crippen molar-refractivity contribution in [1.29, 1.82) is 0 Å². The maximum atomic E-state index is 11.3. The van der Waals surface area contributed by atoms with Gasteiger partial charge in [0, 0.05) is 18.5 Å². The number of carbonyl (C=O) groups is 1. The van der Waals surface area contributed by atoms with E-state index in [0.29, 0.717) is 29.8 Å². The van der Waals surface area contributed by atoms with Crippen molar-refractivity contribution in [2.45, 2.75) is 13.5 Å². The molecule has 5 heteroatoms. The Hall–Kier alpha value is -1.85. The number of carboxylic acid groups (broad SMARTS) is 1. The van der Waals surface area contributed by atoms with Crippen LogP contribution in [-0.2, 0) is 6.54 Å². The zero-order chi connectivity index (χ0) is 13.8. The quantitative estimate of drug-likeness (QED) is 0.741. The van der Waals surface area contributed by atoms with Gasteiger partial charge in [0.1, 0.15) is 16.9 Å². The number of rotatable bonds is 6. The highest BCUT2D eigenvalue weighted by atomic mass is 16.4. The third kappa shape index (κ3) is 2.94. The van der Waals surface area contributed by atoms with E-state index in [1.165, 1.54) is 0 Å². The van der Waals surface area contributed by atoms with Crippen molar-refractivity contribution >= 4 is 16.9 Å². The molecule has 1 unspecified atom stereocenters. The molecule has 0 spiro atoms. The number of nitrogens with one attached hydrogen (secondary N) is 1. The molecule has 0 bridgehead atoms. The molecule has 1 aromatic heterocycles. The van der Waals surface area contributed by atoms with Crippen LogP contribution in [0.2, 0.25) is 0 Å². The first-order valence-corrected chi connectivity index (χ1v) is 6.18. The highest BCUT2D eigenvalue weighted by Crippen LogP contribution is 2.25. The number of fused-ring (bicyclic) bond motifs is 1. The summed E-state index contributed by atoms with van der Waals surface area (Å²) in [6.45, 7) is 2.94. The van der Waals surface area contributed by atoms with E-state index < -0.39 is 5.97 Å². The molecule has 1 atom stereocenters. The fraction of sp³-hybridized carbons (Fsp3) is 0.357. The lowest BCUT2D eigenvalue weighted by Gasteiger charge is -2.08. The first-order valence-electron chi connectivity index (χ1n) is 6.18. The Balaban J connectivity index is 2.22. The summed E-state index contributed by atoms with van der Waals surface area (Å²) in [6.07, 6.45) is 0. The third-order valence-corrected chi connectivity index (χ3v) is 2.97. The molecule has 19 heavy (non-hydrogen) atoms. The van der Waals surface area contributed by atoms with E-state index in [4.69, 9.17) is 9.52 Å². The van der Waals surface area contributed by atoms with Gasteiger partial charge in [-0.25, -0.2) is 4.79 Å². The summed E-state index contributed by atoms with van der Waals surface area (Å²) >= 11 is 0. The van der Waals surface area contributed by atoms with Gasteiger partial charge in [-0.15, -0.1) is 0 Å². The first kappa shape index (κ1) is 13.6. The second-order valence-electron chi connectivity index (χ2n) is 4.62. The second-order valence-corrected chi connectivity index (χ2v) is 4.62. The van der Waals surface area contributed by atoms with Crippen LogP contribution in [0, 0.1) is 5.92 Å². The molecule has 1 aromatic carbocycles. The van der Waals surface area contributed by atoms with Crippen molar-refractivity contribution in [3.63, 3.8) is 0 Å². The van der Waals surface area contributed by atoms with Crippen molar-refractivity contribution in [2.24, 2.45) is 5.92 Å². The molecule has 2 aromatic rings. The van der Waals surface area contributed by atoms with Gasteiger partial charge in [-0.05, 0) is 12.0 Å². The molecule has 0 saturated carbocycles. The fourth-order valence-electron chi connectivity index (χ4n) is 1.95. The zero-order valence-electron chi connectivity index (χ0n) is 10.7. The van der Waals surface area contributed by atoms with Crippen molar-refractivity contribution in [1.82, 2.24) is 5.32 Å². The van der Waals surface area contributed by atoms with Crippen LogP contribution in [0.25, 0.3) is 11.0 Å². The van der Waals surface area contributed by atoms with E-state index in [1.54, 1.807) is 18.2 Å². The molecule has 0 saturated heterocycles. The van der Waals surface area contributed by atoms with Gasteiger partial charge in [-0.2, -0.15) is 0 Å². The lowest BCUT2D eigenvalue weighted by atomic mass is 10.1. The average Bonchev–Trinajstić information content (AvgIpc) is 2.76. The van der Waals surface area contributed by atoms with Crippen LogP contribution in [-0.4, -0.2) is 29.3 Å². The van der Waals surface area contributed by atoms with Gasteiger partial charge >= 0.3 is 5.97 Å². The van der Waals surface area contributed by atoms with Gasteiger partial charge in [0.15, 0.2) is 0 Å². The van der Waals surface area contributed by atoms with Gasteiger partial charge in [0.05, 0.1) is 6.54 Å². The summed E-state index contributed by atoms with van der Waals surface area (Å²) in [5.74, 6) is -0.451. The van der Waals surface area contributed by atoms with E-state index in [1.807, 2.05) is 13.0 Å². The summed E-state index contributed by atoms with van der Waals surface area (Å²) < 4.78 is 5.57. The Morgan fingerprint density at radius 3 is 2.84 bits per heavy atom. The smallest absolute Gasteiger partial charge is 0.339 e. The van der Waals surface area contributed by atoms with Crippen LogP contribution < -0.4 is 5.32 Å². The molecule has 0 aliphatic heterocycles. The highest BCUT2D eigenvalue weighted by molar-refractivity contribution is 6.03. The molecule has 3 N–H and O–H groups in total. The van der Waals surface area contributed by atoms with E-state index in [0.717, 1.165) is 0 Å². The Morgan fingerprint density at radius 1 is 1.42 bits per heavy atom. The predicted molar refractivity (Wildman–Crippen MR) is 71.1 cm³/mol. The van der Waals surface area contributed by atoms with Crippen molar-refractivity contribution in [3.05, 3.63) is 35.6 Å². The van der Waals surface area contributed by atoms with Gasteiger partial charge < -0.3 is 19.9 Å². The maximum absolute atomic E-state index is 11.3. The number of hydrogen-bond acceptors (Lipinski definition) is 4. The number of benzene rings is 1. The summed E-state index contributed by atoms with van der Waals surface area (Å²) in [4.78, 5) is 11.3. The molecule has 2 rings (SSSR count). The van der Waals surface area contributed by atoms with Crippen LogP contribution in [0.15, 0.2) is 28.7 Å². The first-order chi connectivity index (χ1) is 9.13. The molecule has 0 amide bonds. The summed E-state index contributed by atoms with van der Waals surface area (Å²) in [6, 6.07) is 7.08. The van der Waals surface area contributed by atoms with Crippen LogP contribution in [0.3, 0.4) is 0 Å². The SMILES string of the molecule is CC(CO)CNCc1oc2ccccc2c1C(=O)O. The minimum absolute atomic E-state index is 0.0961. The van der Waals surface area contributed by atoms with E-state index >= 15 is 0 Å². The number of aromatic carboxylic acids is 1. The summed E-state index contributed by atoms with van der Waals surface area (Å²) in [5, 5.41) is 21.9. The number of aliphatic hydroxyl groups excluding tert-OH is 1. The maximum Gasteiger partial charge on any atom is 0.339 e. The largest absolute Gasteiger partial charge is 0.478 e. The minimum Gasteiger partial charge on any atom is -0.478 e. The molecule has 0 aliphatic rings. The van der Waals surface area contributed by atoms with Crippen molar-refractivity contribution < 1.29 is 19.4 Å². The Bertz CT molecular complexity index is 576. The Kier molecular flexibility index (Phi) is 4.19. The number of carboxylic acids is 1. The number of hydrogen-bond donors (Lipinski definition) is 3. The number of para-hydroxylation sites is 1. The standard InChI is InChI=1S/C14H17NO4/c1-9(8-16)6-15-7-12-13(14(17)18)10-4-2-3-5-11(10)19-12/h2-5,9,15-16H,6-8H2,1H3,(H,17,18). The van der Waals surface area contributed by atoms with Crippen LogP contribution in [0.4, 0.5) is 0 Å². The molecule has 0 fully saturated rings. The number of aliphatic hydroxyl groups is 1. The molecule has 0 radical (unpaired) electrons. The van der Waals surface area contributed by atoms with E-state index in [-0.39, 0.29) is 18.1 Å². The Labute approximate surface area is 110 Å². The van der Waals surface area contributed by atoms with Crippen molar-refractivity contribution in [3.8, 4) is 0 Å².